The third-order valence-corrected chi connectivity index (χ3v) is 4.60. The van der Waals surface area contributed by atoms with Crippen molar-refractivity contribution in [2.24, 2.45) is 7.05 Å². The second kappa shape index (κ2) is 7.12. The van der Waals surface area contributed by atoms with Gasteiger partial charge in [-0.15, -0.1) is 0 Å². The zero-order valence-electron chi connectivity index (χ0n) is 15.5. The first-order valence-corrected chi connectivity index (χ1v) is 8.88. The number of fused-ring (bicyclic) bond motifs is 1. The molecule has 1 heterocycles. The molecule has 5 heteroatoms. The molecule has 0 aliphatic heterocycles. The fourth-order valence-corrected chi connectivity index (χ4v) is 3.07. The molecule has 0 amide bonds. The highest BCUT2D eigenvalue weighted by Crippen LogP contribution is 2.23. The minimum absolute atomic E-state index is 0.111. The van der Waals surface area contributed by atoms with Crippen LogP contribution in [0.4, 0.5) is 0 Å². The van der Waals surface area contributed by atoms with Crippen molar-refractivity contribution < 1.29 is 9.53 Å². The highest BCUT2D eigenvalue weighted by atomic mass is 16.5. The largest absolute Gasteiger partial charge is 0.422 e. The fraction of sp³-hybridized carbons (Fsp3) is 0.0870. The van der Waals surface area contributed by atoms with E-state index < -0.39 is 5.97 Å². The molecule has 0 spiro atoms. The second-order valence-corrected chi connectivity index (χ2v) is 6.60. The number of aryl methyl sites for hydroxylation is 2. The summed E-state index contributed by atoms with van der Waals surface area (Å²) >= 11 is 0. The molecule has 0 aliphatic carbocycles. The van der Waals surface area contributed by atoms with Crippen LogP contribution in [-0.2, 0) is 7.05 Å². The molecule has 0 bridgehead atoms. The van der Waals surface area contributed by atoms with Gasteiger partial charge in [0.15, 0.2) is 5.69 Å². The molecule has 5 nitrogen and oxygen atoms in total. The number of ether oxygens (including phenoxy) is 1. The standard InChI is InChI=1S/C23H18N2O3/c1-15-7-9-16(10-8-15)17-11-13-18(14-12-17)28-23(27)21-19-5-3-4-6-20(19)22(26)25(2)24-21/h3-14H,1-2H3. The van der Waals surface area contributed by atoms with Gasteiger partial charge in [0.2, 0.25) is 0 Å². The van der Waals surface area contributed by atoms with E-state index in [0.29, 0.717) is 16.5 Å². The summed E-state index contributed by atoms with van der Waals surface area (Å²) in [7, 11) is 1.52. The van der Waals surface area contributed by atoms with Crippen molar-refractivity contribution in [2.75, 3.05) is 0 Å². The number of benzene rings is 3. The molecule has 0 N–H and O–H groups in total. The molecule has 4 aromatic rings. The number of carbonyl (C=O) groups excluding carboxylic acids is 1. The number of nitrogens with zero attached hydrogens (tertiary/aromatic N) is 2. The number of rotatable bonds is 3. The molecule has 0 fully saturated rings. The van der Waals surface area contributed by atoms with Crippen molar-refractivity contribution in [3.63, 3.8) is 0 Å². The Kier molecular flexibility index (Phi) is 4.49. The Hall–Kier alpha value is -3.73. The average molecular weight is 370 g/mol. The minimum Gasteiger partial charge on any atom is -0.422 e. The maximum Gasteiger partial charge on any atom is 0.364 e. The third kappa shape index (κ3) is 3.30. The van der Waals surface area contributed by atoms with Crippen LogP contribution in [-0.4, -0.2) is 15.7 Å². The number of aromatic nitrogens is 2. The molecule has 28 heavy (non-hydrogen) atoms. The van der Waals surface area contributed by atoms with E-state index in [2.05, 4.69) is 29.4 Å². The van der Waals surface area contributed by atoms with Crippen LogP contribution in [0.15, 0.2) is 77.6 Å². The number of esters is 1. The Morgan fingerprint density at radius 2 is 1.43 bits per heavy atom. The molecule has 0 aliphatic rings. The van der Waals surface area contributed by atoms with Crippen molar-refractivity contribution in [1.29, 1.82) is 0 Å². The van der Waals surface area contributed by atoms with Crippen molar-refractivity contribution in [2.45, 2.75) is 6.92 Å². The summed E-state index contributed by atoms with van der Waals surface area (Å²) in [5.41, 5.74) is 3.18. The quantitative estimate of drug-likeness (QED) is 0.402. The third-order valence-electron chi connectivity index (χ3n) is 4.60. The summed E-state index contributed by atoms with van der Waals surface area (Å²) in [6.07, 6.45) is 0. The lowest BCUT2D eigenvalue weighted by Gasteiger charge is -2.09. The molecule has 0 saturated carbocycles. The van der Waals surface area contributed by atoms with Gasteiger partial charge in [-0.2, -0.15) is 5.10 Å². The number of hydrogen-bond donors (Lipinski definition) is 0. The van der Waals surface area contributed by atoms with Gasteiger partial charge >= 0.3 is 5.97 Å². The van der Waals surface area contributed by atoms with Gasteiger partial charge in [0.1, 0.15) is 5.75 Å². The van der Waals surface area contributed by atoms with E-state index in [9.17, 15) is 9.59 Å². The Labute approximate surface area is 161 Å². The normalized spacial score (nSPS) is 10.8. The monoisotopic (exact) mass is 370 g/mol. The molecule has 0 atom stereocenters. The smallest absolute Gasteiger partial charge is 0.364 e. The van der Waals surface area contributed by atoms with Crippen molar-refractivity contribution in [1.82, 2.24) is 9.78 Å². The van der Waals surface area contributed by atoms with Gasteiger partial charge in [0.25, 0.3) is 5.56 Å². The highest BCUT2D eigenvalue weighted by Gasteiger charge is 2.17. The summed E-state index contributed by atoms with van der Waals surface area (Å²) in [6, 6.07) is 22.4. The predicted molar refractivity (Wildman–Crippen MR) is 109 cm³/mol. The van der Waals surface area contributed by atoms with Gasteiger partial charge in [-0.3, -0.25) is 4.79 Å². The van der Waals surface area contributed by atoms with Crippen LogP contribution in [0.2, 0.25) is 0 Å². The van der Waals surface area contributed by atoms with E-state index >= 15 is 0 Å². The zero-order valence-corrected chi connectivity index (χ0v) is 15.5. The van der Waals surface area contributed by atoms with E-state index in [1.807, 2.05) is 19.1 Å². The SMILES string of the molecule is Cc1ccc(-c2ccc(OC(=O)c3nn(C)c(=O)c4ccccc34)cc2)cc1. The number of hydrogen-bond acceptors (Lipinski definition) is 4. The molecular weight excluding hydrogens is 352 g/mol. The lowest BCUT2D eigenvalue weighted by molar-refractivity contribution is 0.0728. The molecule has 138 valence electrons. The topological polar surface area (TPSA) is 61.2 Å². The van der Waals surface area contributed by atoms with Gasteiger partial charge in [0.05, 0.1) is 5.39 Å². The second-order valence-electron chi connectivity index (χ2n) is 6.60. The minimum atomic E-state index is -0.602. The maximum atomic E-state index is 12.7. The zero-order chi connectivity index (χ0) is 19.7. The van der Waals surface area contributed by atoms with E-state index in [1.54, 1.807) is 36.4 Å². The lowest BCUT2D eigenvalue weighted by atomic mass is 10.0. The molecule has 0 unspecified atom stereocenters. The lowest BCUT2D eigenvalue weighted by Crippen LogP contribution is -2.24. The first-order valence-electron chi connectivity index (χ1n) is 8.88. The van der Waals surface area contributed by atoms with E-state index in [4.69, 9.17) is 4.74 Å². The van der Waals surface area contributed by atoms with Crippen LogP contribution in [0, 0.1) is 6.92 Å². The van der Waals surface area contributed by atoms with Gasteiger partial charge in [-0.1, -0.05) is 60.2 Å². The van der Waals surface area contributed by atoms with E-state index in [0.717, 1.165) is 15.8 Å². The maximum absolute atomic E-state index is 12.7. The summed E-state index contributed by atoms with van der Waals surface area (Å²) in [4.78, 5) is 24.9. The summed E-state index contributed by atoms with van der Waals surface area (Å²) in [5.74, 6) is -0.185. The average Bonchev–Trinajstić information content (AvgIpc) is 2.72. The van der Waals surface area contributed by atoms with Crippen LogP contribution >= 0.6 is 0 Å². The fourth-order valence-electron chi connectivity index (χ4n) is 3.07. The Bertz CT molecular complexity index is 1220. The van der Waals surface area contributed by atoms with E-state index in [-0.39, 0.29) is 11.3 Å². The van der Waals surface area contributed by atoms with Crippen LogP contribution in [0.25, 0.3) is 21.9 Å². The summed E-state index contributed by atoms with van der Waals surface area (Å²) in [5, 5.41) is 5.01. The Morgan fingerprint density at radius 3 is 2.07 bits per heavy atom. The predicted octanol–water partition coefficient (Wildman–Crippen LogP) is 4.13. The van der Waals surface area contributed by atoms with Crippen molar-refractivity contribution in [3.05, 3.63) is 94.4 Å². The molecule has 1 aromatic heterocycles. The molecular formula is C23H18N2O3. The summed E-state index contributed by atoms with van der Waals surface area (Å²) < 4.78 is 6.65. The van der Waals surface area contributed by atoms with Crippen LogP contribution in [0.5, 0.6) is 5.75 Å². The number of carbonyl (C=O) groups is 1. The molecule has 0 radical (unpaired) electrons. The van der Waals surface area contributed by atoms with Crippen LogP contribution < -0.4 is 10.3 Å². The Balaban J connectivity index is 1.62. The van der Waals surface area contributed by atoms with Crippen LogP contribution in [0.3, 0.4) is 0 Å². The summed E-state index contributed by atoms with van der Waals surface area (Å²) in [6.45, 7) is 2.05. The van der Waals surface area contributed by atoms with Crippen molar-refractivity contribution in [3.8, 4) is 16.9 Å². The molecule has 3 aromatic carbocycles. The van der Waals surface area contributed by atoms with Gasteiger partial charge in [-0.05, 0) is 36.2 Å². The van der Waals surface area contributed by atoms with Gasteiger partial charge in [0, 0.05) is 12.4 Å². The van der Waals surface area contributed by atoms with Gasteiger partial charge in [-0.25, -0.2) is 9.48 Å². The van der Waals surface area contributed by atoms with Crippen LogP contribution in [0.1, 0.15) is 16.1 Å². The highest BCUT2D eigenvalue weighted by molar-refractivity contribution is 6.02. The Morgan fingerprint density at radius 1 is 0.857 bits per heavy atom. The first-order chi connectivity index (χ1) is 13.5. The first kappa shape index (κ1) is 17.7. The molecule has 0 saturated heterocycles. The molecule has 4 rings (SSSR count). The van der Waals surface area contributed by atoms with Gasteiger partial charge < -0.3 is 4.74 Å². The van der Waals surface area contributed by atoms with E-state index in [1.165, 1.54) is 12.6 Å². The van der Waals surface area contributed by atoms with Crippen molar-refractivity contribution >= 4 is 16.7 Å².